The number of imide groups is 1. The smallest absolute Gasteiger partial charge is 0.326 e. The number of nitrogens with one attached hydrogen (secondary N) is 1. The summed E-state index contributed by atoms with van der Waals surface area (Å²) in [5.74, 6) is -2.38. The largest absolute Gasteiger partial charge is 0.456 e. The Morgan fingerprint density at radius 2 is 1.83 bits per heavy atom. The van der Waals surface area contributed by atoms with E-state index in [-0.39, 0.29) is 5.56 Å². The fraction of sp³-hybridized carbons (Fsp3) is 0.273. The van der Waals surface area contributed by atoms with Gasteiger partial charge in [-0.25, -0.2) is 9.18 Å². The second kappa shape index (κ2) is 7.70. The second-order valence-electron chi connectivity index (χ2n) is 7.33. The molecule has 154 valence electrons. The quantitative estimate of drug-likeness (QED) is 0.464. The number of urea groups is 1. The Bertz CT molecular complexity index is 1040. The molecule has 30 heavy (non-hydrogen) atoms. The van der Waals surface area contributed by atoms with E-state index in [1.54, 1.807) is 0 Å². The Morgan fingerprint density at radius 1 is 1.10 bits per heavy atom. The average Bonchev–Trinajstić information content (AvgIpc) is 2.97. The van der Waals surface area contributed by atoms with Crippen molar-refractivity contribution in [3.63, 3.8) is 0 Å². The van der Waals surface area contributed by atoms with E-state index in [0.717, 1.165) is 41.0 Å². The number of Topliss-reactive ketones (excluding diaryl/α,β-unsaturated/α-hetero) is 1. The molecule has 2 aliphatic rings. The minimum absolute atomic E-state index is 0.192. The number of ketones is 1. The number of amides is 3. The van der Waals surface area contributed by atoms with Crippen molar-refractivity contribution in [2.75, 3.05) is 13.2 Å². The fourth-order valence-corrected chi connectivity index (χ4v) is 3.99. The van der Waals surface area contributed by atoms with Crippen LogP contribution in [-0.4, -0.2) is 41.7 Å². The Hall–Kier alpha value is -3.55. The minimum Gasteiger partial charge on any atom is -0.456 e. The van der Waals surface area contributed by atoms with Crippen LogP contribution >= 0.6 is 0 Å². The van der Waals surface area contributed by atoms with Gasteiger partial charge in [-0.1, -0.05) is 24.3 Å². The molecule has 1 aliphatic carbocycles. The van der Waals surface area contributed by atoms with Crippen LogP contribution in [0.1, 0.15) is 34.3 Å². The second-order valence-corrected chi connectivity index (χ2v) is 7.33. The number of carbonyl (C=O) groups excluding carboxylic acids is 4. The topological polar surface area (TPSA) is 92.8 Å². The number of nitrogens with zero attached hydrogens (tertiary/aromatic N) is 1. The highest BCUT2D eigenvalue weighted by molar-refractivity contribution is 6.09. The van der Waals surface area contributed by atoms with Gasteiger partial charge >= 0.3 is 12.0 Å². The van der Waals surface area contributed by atoms with Crippen molar-refractivity contribution < 1.29 is 28.3 Å². The van der Waals surface area contributed by atoms with Gasteiger partial charge in [0.15, 0.2) is 12.4 Å². The lowest BCUT2D eigenvalue weighted by Gasteiger charge is -2.33. The number of esters is 1. The molecule has 7 nitrogen and oxygen atoms in total. The first-order valence-electron chi connectivity index (χ1n) is 9.57. The Balaban J connectivity index is 1.42. The first kappa shape index (κ1) is 19.8. The Morgan fingerprint density at radius 3 is 2.60 bits per heavy atom. The first-order chi connectivity index (χ1) is 14.4. The van der Waals surface area contributed by atoms with Crippen LogP contribution in [0.2, 0.25) is 0 Å². The van der Waals surface area contributed by atoms with Crippen LogP contribution in [0.4, 0.5) is 9.18 Å². The SMILES string of the molecule is O=C(CN1C(=O)N[C@]2(CCCc3ccccc32)C1=O)OCC(=O)c1ccc(F)cc1. The molecule has 2 aromatic rings. The van der Waals surface area contributed by atoms with Gasteiger partial charge < -0.3 is 10.1 Å². The lowest BCUT2D eigenvalue weighted by Crippen LogP contribution is -2.46. The molecule has 1 spiro atoms. The van der Waals surface area contributed by atoms with Gasteiger partial charge in [0.1, 0.15) is 17.9 Å². The predicted octanol–water partition coefficient (Wildman–Crippen LogP) is 2.34. The van der Waals surface area contributed by atoms with Crippen molar-refractivity contribution >= 4 is 23.7 Å². The molecule has 1 aliphatic heterocycles. The van der Waals surface area contributed by atoms with E-state index < -0.39 is 48.2 Å². The maximum absolute atomic E-state index is 13.1. The molecule has 0 unspecified atom stereocenters. The van der Waals surface area contributed by atoms with E-state index in [2.05, 4.69) is 5.32 Å². The van der Waals surface area contributed by atoms with Crippen LogP contribution in [0.5, 0.6) is 0 Å². The average molecular weight is 410 g/mol. The van der Waals surface area contributed by atoms with Gasteiger partial charge in [0, 0.05) is 5.56 Å². The predicted molar refractivity (Wildman–Crippen MR) is 103 cm³/mol. The molecule has 0 bridgehead atoms. The van der Waals surface area contributed by atoms with Gasteiger partial charge in [-0.3, -0.25) is 19.3 Å². The van der Waals surface area contributed by atoms with Crippen molar-refractivity contribution in [1.82, 2.24) is 10.2 Å². The third kappa shape index (κ3) is 3.45. The zero-order chi connectivity index (χ0) is 21.3. The summed E-state index contributed by atoms with van der Waals surface area (Å²) in [6.45, 7) is -1.16. The lowest BCUT2D eigenvalue weighted by atomic mass is 9.76. The molecule has 1 heterocycles. The number of benzene rings is 2. The van der Waals surface area contributed by atoms with E-state index in [1.807, 2.05) is 24.3 Å². The van der Waals surface area contributed by atoms with Crippen molar-refractivity contribution in [2.45, 2.75) is 24.8 Å². The molecular weight excluding hydrogens is 391 g/mol. The molecule has 8 heteroatoms. The Kier molecular flexibility index (Phi) is 5.07. The number of halogens is 1. The van der Waals surface area contributed by atoms with Crippen molar-refractivity contribution in [3.05, 3.63) is 71.0 Å². The third-order valence-electron chi connectivity index (χ3n) is 5.47. The Labute approximate surface area is 171 Å². The lowest BCUT2D eigenvalue weighted by molar-refractivity contribution is -0.147. The summed E-state index contributed by atoms with van der Waals surface area (Å²) in [4.78, 5) is 50.7. The van der Waals surface area contributed by atoms with Gasteiger partial charge in [-0.2, -0.15) is 0 Å². The van der Waals surface area contributed by atoms with Crippen LogP contribution in [0.3, 0.4) is 0 Å². The standard InChI is InChI=1S/C22H19FN2O5/c23-16-9-7-15(8-10-16)18(26)13-30-19(27)12-25-20(28)22(24-21(25)29)11-3-5-14-4-1-2-6-17(14)22/h1-2,4,6-10H,3,5,11-13H2,(H,24,29)/t22-/m0/s1. The van der Waals surface area contributed by atoms with E-state index >= 15 is 0 Å². The van der Waals surface area contributed by atoms with E-state index in [9.17, 15) is 23.6 Å². The highest BCUT2D eigenvalue weighted by atomic mass is 19.1. The molecule has 1 saturated heterocycles. The van der Waals surface area contributed by atoms with Gasteiger partial charge in [0.05, 0.1) is 0 Å². The van der Waals surface area contributed by atoms with Crippen LogP contribution in [0, 0.1) is 5.82 Å². The molecule has 2 aromatic carbocycles. The normalized spacial score (nSPS) is 20.1. The van der Waals surface area contributed by atoms with Gasteiger partial charge in [-0.05, 0) is 54.7 Å². The number of ether oxygens (including phenoxy) is 1. The molecule has 0 radical (unpaired) electrons. The summed E-state index contributed by atoms with van der Waals surface area (Å²) < 4.78 is 17.9. The summed E-state index contributed by atoms with van der Waals surface area (Å²) in [5.41, 5.74) is 0.761. The van der Waals surface area contributed by atoms with Crippen LogP contribution < -0.4 is 5.32 Å². The van der Waals surface area contributed by atoms with Crippen molar-refractivity contribution in [3.8, 4) is 0 Å². The zero-order valence-electron chi connectivity index (χ0n) is 16.0. The van der Waals surface area contributed by atoms with Crippen molar-refractivity contribution in [2.24, 2.45) is 0 Å². The number of hydrogen-bond donors (Lipinski definition) is 1. The molecule has 4 rings (SSSR count). The number of aryl methyl sites for hydroxylation is 1. The van der Waals surface area contributed by atoms with Gasteiger partial charge in [0.2, 0.25) is 0 Å². The van der Waals surface area contributed by atoms with Crippen LogP contribution in [0.25, 0.3) is 0 Å². The molecule has 1 atom stereocenters. The fourth-order valence-electron chi connectivity index (χ4n) is 3.99. The van der Waals surface area contributed by atoms with Crippen LogP contribution in [0.15, 0.2) is 48.5 Å². The van der Waals surface area contributed by atoms with Crippen molar-refractivity contribution in [1.29, 1.82) is 0 Å². The molecule has 3 amide bonds. The minimum atomic E-state index is -1.17. The maximum atomic E-state index is 13.1. The first-order valence-corrected chi connectivity index (χ1v) is 9.57. The number of carbonyl (C=O) groups is 4. The van der Waals surface area contributed by atoms with Gasteiger partial charge in [0.25, 0.3) is 5.91 Å². The van der Waals surface area contributed by atoms with E-state index in [4.69, 9.17) is 4.74 Å². The summed E-state index contributed by atoms with van der Waals surface area (Å²) in [7, 11) is 0. The molecule has 1 fully saturated rings. The molecular formula is C22H19FN2O5. The summed E-state index contributed by atoms with van der Waals surface area (Å²) in [6.07, 6.45) is 1.99. The zero-order valence-corrected chi connectivity index (χ0v) is 16.0. The number of fused-ring (bicyclic) bond motifs is 2. The number of hydrogen-bond acceptors (Lipinski definition) is 5. The van der Waals surface area contributed by atoms with E-state index in [1.165, 1.54) is 12.1 Å². The third-order valence-corrected chi connectivity index (χ3v) is 5.47. The highest BCUT2D eigenvalue weighted by Crippen LogP contribution is 2.39. The van der Waals surface area contributed by atoms with E-state index in [0.29, 0.717) is 6.42 Å². The maximum Gasteiger partial charge on any atom is 0.326 e. The summed E-state index contributed by atoms with van der Waals surface area (Å²) in [6, 6.07) is 11.6. The summed E-state index contributed by atoms with van der Waals surface area (Å²) >= 11 is 0. The van der Waals surface area contributed by atoms with Crippen LogP contribution in [-0.2, 0) is 26.3 Å². The monoisotopic (exact) mass is 410 g/mol. The molecule has 0 saturated carbocycles. The molecule has 0 aromatic heterocycles. The number of rotatable bonds is 5. The van der Waals surface area contributed by atoms with Gasteiger partial charge in [-0.15, -0.1) is 0 Å². The highest BCUT2D eigenvalue weighted by Gasteiger charge is 2.54. The molecule has 1 N–H and O–H groups in total. The summed E-state index contributed by atoms with van der Waals surface area (Å²) in [5, 5.41) is 2.75.